The zero-order chi connectivity index (χ0) is 17.2. The Bertz CT molecular complexity index is 925. The third-order valence-electron chi connectivity index (χ3n) is 3.53. The molecule has 1 heterocycles. The maximum Gasteiger partial charge on any atom is 0.242 e. The largest absolute Gasteiger partial charge is 0.242 e. The van der Waals surface area contributed by atoms with Crippen molar-refractivity contribution >= 4 is 26.0 Å². The Kier molecular flexibility index (Phi) is 4.79. The number of benzene rings is 2. The lowest BCUT2D eigenvalue weighted by molar-refractivity contribution is 0.566. The van der Waals surface area contributed by atoms with Gasteiger partial charge in [0.15, 0.2) is 0 Å². The highest BCUT2D eigenvalue weighted by atomic mass is 79.9. The van der Waals surface area contributed by atoms with Crippen LogP contribution in [0.1, 0.15) is 18.5 Å². The molecule has 2 aromatic carbocycles. The fourth-order valence-electron chi connectivity index (χ4n) is 2.28. The minimum absolute atomic E-state index is 0.219. The fraction of sp³-hybridized carbons (Fsp3) is 0.125. The van der Waals surface area contributed by atoms with E-state index in [4.69, 9.17) is 0 Å². The van der Waals surface area contributed by atoms with E-state index >= 15 is 0 Å². The Morgan fingerprint density at radius 1 is 1.12 bits per heavy atom. The summed E-state index contributed by atoms with van der Waals surface area (Å²) >= 11 is 3.28. The minimum atomic E-state index is -3.62. The highest BCUT2D eigenvalue weighted by molar-refractivity contribution is 9.10. The van der Waals surface area contributed by atoms with Gasteiger partial charge in [-0.1, -0.05) is 24.3 Å². The van der Waals surface area contributed by atoms with Crippen LogP contribution in [0.25, 0.3) is 5.69 Å². The van der Waals surface area contributed by atoms with E-state index in [-0.39, 0.29) is 10.9 Å². The van der Waals surface area contributed by atoms with E-state index in [9.17, 15) is 8.42 Å². The van der Waals surface area contributed by atoms with Gasteiger partial charge < -0.3 is 0 Å². The van der Waals surface area contributed by atoms with Crippen LogP contribution in [0.2, 0.25) is 0 Å². The number of rotatable bonds is 5. The number of hydrogen-bond donors (Lipinski definition) is 1. The van der Waals surface area contributed by atoms with Crippen molar-refractivity contribution in [3.63, 3.8) is 0 Å². The van der Waals surface area contributed by atoms with Crippen LogP contribution in [0, 0.1) is 0 Å². The third-order valence-corrected chi connectivity index (χ3v) is 6.09. The molecule has 3 aromatic rings. The van der Waals surface area contributed by atoms with Gasteiger partial charge in [0.2, 0.25) is 10.0 Å². The number of nitrogens with zero attached hydrogens (tertiary/aromatic N) is 3. The molecule has 3 rings (SSSR count). The molecule has 0 aliphatic heterocycles. The number of halogens is 1. The van der Waals surface area contributed by atoms with Crippen molar-refractivity contribution in [1.29, 1.82) is 0 Å². The lowest BCUT2D eigenvalue weighted by Gasteiger charge is -2.16. The van der Waals surface area contributed by atoms with Crippen molar-refractivity contribution in [2.24, 2.45) is 0 Å². The van der Waals surface area contributed by atoms with Crippen molar-refractivity contribution in [1.82, 2.24) is 19.5 Å². The average Bonchev–Trinajstić information content (AvgIpc) is 3.09. The Morgan fingerprint density at radius 3 is 2.46 bits per heavy atom. The van der Waals surface area contributed by atoms with Crippen LogP contribution in [0.15, 0.2) is 70.6 Å². The molecule has 8 heteroatoms. The van der Waals surface area contributed by atoms with Gasteiger partial charge in [-0.2, -0.15) is 5.10 Å². The Labute approximate surface area is 148 Å². The Hall–Kier alpha value is -2.03. The predicted molar refractivity (Wildman–Crippen MR) is 94.2 cm³/mol. The first-order valence-electron chi connectivity index (χ1n) is 7.19. The molecule has 0 aliphatic carbocycles. The molecule has 0 spiro atoms. The first-order chi connectivity index (χ1) is 11.5. The van der Waals surface area contributed by atoms with E-state index in [0.717, 1.165) is 11.3 Å². The summed E-state index contributed by atoms with van der Waals surface area (Å²) in [5, 5.41) is 4.06. The molecule has 6 nitrogen and oxygen atoms in total. The van der Waals surface area contributed by atoms with Gasteiger partial charge in [-0.05, 0) is 52.7 Å². The second kappa shape index (κ2) is 6.84. The van der Waals surface area contributed by atoms with Crippen molar-refractivity contribution in [2.75, 3.05) is 0 Å². The van der Waals surface area contributed by atoms with Gasteiger partial charge in [-0.3, -0.25) is 0 Å². The van der Waals surface area contributed by atoms with E-state index in [1.54, 1.807) is 42.2 Å². The molecule has 1 aromatic heterocycles. The van der Waals surface area contributed by atoms with Gasteiger partial charge in [-0.25, -0.2) is 22.8 Å². The SMILES string of the molecule is C[C@H](NS(=O)(=O)c1ccccc1Br)c1ccc(-n2cncn2)cc1. The molecule has 124 valence electrons. The lowest BCUT2D eigenvalue weighted by atomic mass is 10.1. The smallest absolute Gasteiger partial charge is 0.223 e. The molecule has 0 fully saturated rings. The van der Waals surface area contributed by atoms with Gasteiger partial charge in [0.1, 0.15) is 12.7 Å². The molecule has 1 atom stereocenters. The molecule has 0 unspecified atom stereocenters. The second-order valence-electron chi connectivity index (χ2n) is 5.20. The van der Waals surface area contributed by atoms with Crippen molar-refractivity contribution in [3.8, 4) is 5.69 Å². The van der Waals surface area contributed by atoms with Gasteiger partial charge in [0.05, 0.1) is 10.6 Å². The van der Waals surface area contributed by atoms with Crippen LogP contribution in [0.5, 0.6) is 0 Å². The summed E-state index contributed by atoms with van der Waals surface area (Å²) in [6.07, 6.45) is 3.07. The molecule has 0 amide bonds. The van der Waals surface area contributed by atoms with E-state index in [2.05, 4.69) is 30.7 Å². The summed E-state index contributed by atoms with van der Waals surface area (Å²) in [5.41, 5.74) is 1.71. The van der Waals surface area contributed by atoms with Gasteiger partial charge in [0, 0.05) is 10.5 Å². The fourth-order valence-corrected chi connectivity index (χ4v) is 4.52. The molecular formula is C16H15BrN4O2S. The summed E-state index contributed by atoms with van der Waals surface area (Å²) < 4.78 is 29.9. The molecule has 0 saturated carbocycles. The highest BCUT2D eigenvalue weighted by Gasteiger charge is 2.20. The summed E-state index contributed by atoms with van der Waals surface area (Å²) in [7, 11) is -3.62. The van der Waals surface area contributed by atoms with Gasteiger partial charge in [0.25, 0.3) is 0 Å². The lowest BCUT2D eigenvalue weighted by Crippen LogP contribution is -2.27. The average molecular weight is 407 g/mol. The van der Waals surface area contributed by atoms with Crippen molar-refractivity contribution in [2.45, 2.75) is 17.9 Å². The monoisotopic (exact) mass is 406 g/mol. The van der Waals surface area contributed by atoms with Crippen LogP contribution in [-0.4, -0.2) is 23.2 Å². The molecule has 0 saturated heterocycles. The first kappa shape index (κ1) is 16.8. The molecule has 24 heavy (non-hydrogen) atoms. The van der Waals surface area contributed by atoms with Crippen LogP contribution in [0.4, 0.5) is 0 Å². The molecule has 1 N–H and O–H groups in total. The predicted octanol–water partition coefficient (Wildman–Crippen LogP) is 3.07. The summed E-state index contributed by atoms with van der Waals surface area (Å²) in [6, 6.07) is 13.8. The molecule has 0 radical (unpaired) electrons. The summed E-state index contributed by atoms with van der Waals surface area (Å²) in [4.78, 5) is 4.12. The summed E-state index contributed by atoms with van der Waals surface area (Å²) in [5.74, 6) is 0. The van der Waals surface area contributed by atoms with Crippen LogP contribution < -0.4 is 4.72 Å². The first-order valence-corrected chi connectivity index (χ1v) is 9.47. The van der Waals surface area contributed by atoms with Crippen LogP contribution >= 0.6 is 15.9 Å². The third kappa shape index (κ3) is 3.55. The van der Waals surface area contributed by atoms with E-state index in [1.165, 1.54) is 6.33 Å². The van der Waals surface area contributed by atoms with Crippen molar-refractivity contribution in [3.05, 3.63) is 71.2 Å². The zero-order valence-electron chi connectivity index (χ0n) is 12.8. The van der Waals surface area contributed by atoms with E-state index in [1.807, 2.05) is 24.3 Å². The topological polar surface area (TPSA) is 76.9 Å². The number of nitrogens with one attached hydrogen (secondary N) is 1. The Morgan fingerprint density at radius 2 is 1.83 bits per heavy atom. The summed E-state index contributed by atoms with van der Waals surface area (Å²) in [6.45, 7) is 1.80. The molecular weight excluding hydrogens is 392 g/mol. The number of hydrogen-bond acceptors (Lipinski definition) is 4. The van der Waals surface area contributed by atoms with Crippen LogP contribution in [-0.2, 0) is 10.0 Å². The quantitative estimate of drug-likeness (QED) is 0.705. The van der Waals surface area contributed by atoms with E-state index < -0.39 is 10.0 Å². The molecule has 0 aliphatic rings. The second-order valence-corrected chi connectivity index (χ2v) is 7.74. The van der Waals surface area contributed by atoms with Crippen molar-refractivity contribution < 1.29 is 8.42 Å². The van der Waals surface area contributed by atoms with Gasteiger partial charge in [-0.15, -0.1) is 0 Å². The zero-order valence-corrected chi connectivity index (χ0v) is 15.2. The van der Waals surface area contributed by atoms with E-state index in [0.29, 0.717) is 4.47 Å². The van der Waals surface area contributed by atoms with Crippen LogP contribution in [0.3, 0.4) is 0 Å². The maximum absolute atomic E-state index is 12.5. The highest BCUT2D eigenvalue weighted by Crippen LogP contribution is 2.23. The maximum atomic E-state index is 12.5. The Balaban J connectivity index is 1.80. The number of aromatic nitrogens is 3. The normalized spacial score (nSPS) is 12.9. The number of sulfonamides is 1. The molecule has 0 bridgehead atoms. The standard InChI is InChI=1S/C16H15BrN4O2S/c1-12(20-24(22,23)16-5-3-2-4-15(16)17)13-6-8-14(9-7-13)21-11-18-10-19-21/h2-12,20H,1H3/t12-/m0/s1. The van der Waals surface area contributed by atoms with Gasteiger partial charge >= 0.3 is 0 Å². The minimum Gasteiger partial charge on any atom is -0.223 e.